The molecule has 0 N–H and O–H groups in total. The summed E-state index contributed by atoms with van der Waals surface area (Å²) in [6.45, 7) is 2.73. The maximum atomic E-state index is 5.48. The van der Waals surface area contributed by atoms with E-state index in [1.54, 1.807) is 0 Å². The van der Waals surface area contributed by atoms with E-state index in [1.165, 1.54) is 10.7 Å². The molecule has 0 amide bonds. The van der Waals surface area contributed by atoms with Crippen LogP contribution >= 0.6 is 67.8 Å². The fraction of sp³-hybridized carbons (Fsp3) is 0.250. The van der Waals surface area contributed by atoms with E-state index >= 15 is 0 Å². The highest BCUT2D eigenvalue weighted by Crippen LogP contribution is 2.28. The van der Waals surface area contributed by atoms with E-state index in [2.05, 4.69) is 79.9 Å². The maximum Gasteiger partial charge on any atom is 0.134 e. The highest BCUT2D eigenvalue weighted by molar-refractivity contribution is 14.1. The zero-order chi connectivity index (χ0) is 9.14. The maximum absolute atomic E-state index is 5.48. The van der Waals surface area contributed by atoms with Crippen molar-refractivity contribution in [3.63, 3.8) is 0 Å². The van der Waals surface area contributed by atoms with E-state index in [4.69, 9.17) is 4.74 Å². The molecular formula is C8H7I3O. The Morgan fingerprint density at radius 2 is 1.92 bits per heavy atom. The van der Waals surface area contributed by atoms with Crippen LogP contribution in [0.1, 0.15) is 6.92 Å². The van der Waals surface area contributed by atoms with Crippen molar-refractivity contribution in [1.82, 2.24) is 0 Å². The van der Waals surface area contributed by atoms with Gasteiger partial charge in [0.05, 0.1) is 10.2 Å². The summed E-state index contributed by atoms with van der Waals surface area (Å²) < 4.78 is 9.16. The Hall–Kier alpha value is 1.21. The Morgan fingerprint density at radius 3 is 2.50 bits per heavy atom. The Balaban J connectivity index is 3.09. The molecule has 0 saturated carbocycles. The van der Waals surface area contributed by atoms with E-state index in [-0.39, 0.29) is 0 Å². The second-order valence-electron chi connectivity index (χ2n) is 2.13. The van der Waals surface area contributed by atoms with Crippen molar-refractivity contribution in [2.45, 2.75) is 6.92 Å². The summed E-state index contributed by atoms with van der Waals surface area (Å²) in [6, 6.07) is 4.21. The average Bonchev–Trinajstić information content (AvgIpc) is 2.00. The first-order chi connectivity index (χ1) is 5.65. The van der Waals surface area contributed by atoms with Crippen LogP contribution in [0.3, 0.4) is 0 Å². The van der Waals surface area contributed by atoms with Crippen molar-refractivity contribution in [2.24, 2.45) is 0 Å². The first-order valence-corrected chi connectivity index (χ1v) is 6.66. The Labute approximate surface area is 113 Å². The molecule has 0 aliphatic heterocycles. The highest BCUT2D eigenvalue weighted by atomic mass is 127. The molecule has 66 valence electrons. The lowest BCUT2D eigenvalue weighted by atomic mass is 10.3. The monoisotopic (exact) mass is 500 g/mol. The van der Waals surface area contributed by atoms with Gasteiger partial charge in [0.1, 0.15) is 5.75 Å². The van der Waals surface area contributed by atoms with Crippen LogP contribution in [0.5, 0.6) is 5.75 Å². The molecule has 0 spiro atoms. The van der Waals surface area contributed by atoms with Crippen LogP contribution in [0.2, 0.25) is 0 Å². The van der Waals surface area contributed by atoms with Crippen molar-refractivity contribution < 1.29 is 4.74 Å². The van der Waals surface area contributed by atoms with Gasteiger partial charge in [-0.2, -0.15) is 0 Å². The average molecular weight is 500 g/mol. The van der Waals surface area contributed by atoms with E-state index in [9.17, 15) is 0 Å². The summed E-state index contributed by atoms with van der Waals surface area (Å²) in [5.41, 5.74) is 0. The third-order valence-electron chi connectivity index (χ3n) is 1.26. The molecule has 0 aliphatic carbocycles. The fourth-order valence-electron chi connectivity index (χ4n) is 0.793. The van der Waals surface area contributed by atoms with Crippen LogP contribution in [0.15, 0.2) is 12.1 Å². The van der Waals surface area contributed by atoms with E-state index < -0.39 is 0 Å². The molecule has 0 atom stereocenters. The standard InChI is InChI=1S/C8H7I3O/c1-2-12-7-4-5(9)3-6(10)8(7)11/h3-4H,2H2,1H3. The van der Waals surface area contributed by atoms with Gasteiger partial charge < -0.3 is 4.74 Å². The smallest absolute Gasteiger partial charge is 0.134 e. The SMILES string of the molecule is CCOc1cc(I)cc(I)c1I. The lowest BCUT2D eigenvalue weighted by Gasteiger charge is -2.07. The van der Waals surface area contributed by atoms with Gasteiger partial charge in [-0.25, -0.2) is 0 Å². The molecule has 0 aromatic heterocycles. The first kappa shape index (κ1) is 11.3. The number of halogens is 3. The minimum Gasteiger partial charge on any atom is -0.493 e. The zero-order valence-corrected chi connectivity index (χ0v) is 12.9. The van der Waals surface area contributed by atoms with E-state index in [1.807, 2.05) is 6.92 Å². The third-order valence-corrected chi connectivity index (χ3v) is 4.88. The van der Waals surface area contributed by atoms with Gasteiger partial charge in [0.25, 0.3) is 0 Å². The van der Waals surface area contributed by atoms with Crippen molar-refractivity contribution in [1.29, 1.82) is 0 Å². The Kier molecular flexibility index (Phi) is 4.87. The van der Waals surface area contributed by atoms with Gasteiger partial charge in [-0.3, -0.25) is 0 Å². The van der Waals surface area contributed by atoms with E-state index in [0.717, 1.165) is 12.4 Å². The Morgan fingerprint density at radius 1 is 1.25 bits per heavy atom. The lowest BCUT2D eigenvalue weighted by molar-refractivity contribution is 0.337. The highest BCUT2D eigenvalue weighted by Gasteiger charge is 2.05. The largest absolute Gasteiger partial charge is 0.493 e. The number of benzene rings is 1. The molecule has 1 rings (SSSR count). The summed E-state index contributed by atoms with van der Waals surface area (Å²) >= 11 is 6.93. The summed E-state index contributed by atoms with van der Waals surface area (Å²) in [4.78, 5) is 0. The van der Waals surface area contributed by atoms with Crippen LogP contribution < -0.4 is 4.74 Å². The molecule has 1 nitrogen and oxygen atoms in total. The van der Waals surface area contributed by atoms with Crippen LogP contribution in [-0.4, -0.2) is 6.61 Å². The predicted octanol–water partition coefficient (Wildman–Crippen LogP) is 3.90. The molecule has 0 saturated heterocycles. The van der Waals surface area contributed by atoms with Crippen LogP contribution in [0, 0.1) is 10.7 Å². The molecule has 0 aliphatic rings. The van der Waals surface area contributed by atoms with Gasteiger partial charge in [0.15, 0.2) is 0 Å². The quantitative estimate of drug-likeness (QED) is 0.443. The van der Waals surface area contributed by atoms with Gasteiger partial charge >= 0.3 is 0 Å². The molecule has 0 radical (unpaired) electrons. The second kappa shape index (κ2) is 5.18. The van der Waals surface area contributed by atoms with Crippen molar-refractivity contribution in [3.05, 3.63) is 22.8 Å². The molecule has 1 aromatic rings. The van der Waals surface area contributed by atoms with Gasteiger partial charge in [0.2, 0.25) is 0 Å². The van der Waals surface area contributed by atoms with E-state index in [0.29, 0.717) is 0 Å². The molecule has 4 heteroatoms. The lowest BCUT2D eigenvalue weighted by Crippen LogP contribution is -1.96. The number of ether oxygens (including phenoxy) is 1. The molecule has 0 heterocycles. The Bertz CT molecular complexity index is 286. The normalized spacial score (nSPS) is 10.0. The minimum absolute atomic E-state index is 0.728. The molecule has 0 unspecified atom stereocenters. The third kappa shape index (κ3) is 2.86. The number of rotatable bonds is 2. The van der Waals surface area contributed by atoms with Crippen LogP contribution in [-0.2, 0) is 0 Å². The summed E-state index contributed by atoms with van der Waals surface area (Å²) in [5.74, 6) is 0.995. The van der Waals surface area contributed by atoms with Gasteiger partial charge in [-0.05, 0) is 86.8 Å². The molecule has 1 aromatic carbocycles. The molecule has 0 fully saturated rings. The minimum atomic E-state index is 0.728. The van der Waals surface area contributed by atoms with Crippen molar-refractivity contribution in [3.8, 4) is 5.75 Å². The summed E-state index contributed by atoms with van der Waals surface area (Å²) in [5, 5.41) is 0. The topological polar surface area (TPSA) is 9.23 Å². The van der Waals surface area contributed by atoms with Crippen LogP contribution in [0.4, 0.5) is 0 Å². The summed E-state index contributed by atoms with van der Waals surface area (Å²) in [6.07, 6.45) is 0. The molecule has 0 bridgehead atoms. The van der Waals surface area contributed by atoms with Gasteiger partial charge in [-0.15, -0.1) is 0 Å². The van der Waals surface area contributed by atoms with Crippen molar-refractivity contribution >= 4 is 67.8 Å². The predicted molar refractivity (Wildman–Crippen MR) is 75.8 cm³/mol. The van der Waals surface area contributed by atoms with Gasteiger partial charge in [0, 0.05) is 7.14 Å². The summed E-state index contributed by atoms with van der Waals surface area (Å²) in [7, 11) is 0. The van der Waals surface area contributed by atoms with Crippen molar-refractivity contribution in [2.75, 3.05) is 6.61 Å². The van der Waals surface area contributed by atoms with Gasteiger partial charge in [-0.1, -0.05) is 0 Å². The first-order valence-electron chi connectivity index (χ1n) is 3.42. The van der Waals surface area contributed by atoms with Crippen LogP contribution in [0.25, 0.3) is 0 Å². The number of hydrogen-bond acceptors (Lipinski definition) is 1. The molecular weight excluding hydrogens is 493 g/mol. The number of hydrogen-bond donors (Lipinski definition) is 0. The second-order valence-corrected chi connectivity index (χ2v) is 5.62. The molecule has 12 heavy (non-hydrogen) atoms. The fourth-order valence-corrected chi connectivity index (χ4v) is 3.05. The zero-order valence-electron chi connectivity index (χ0n) is 6.40.